The van der Waals surface area contributed by atoms with E-state index in [1.165, 1.54) is 51.4 Å². The van der Waals surface area contributed by atoms with Gasteiger partial charge < -0.3 is 15.0 Å². The Balaban J connectivity index is 0.000000225. The van der Waals surface area contributed by atoms with Crippen molar-refractivity contribution in [2.24, 2.45) is 33.9 Å². The van der Waals surface area contributed by atoms with Gasteiger partial charge in [0.1, 0.15) is 0 Å². The van der Waals surface area contributed by atoms with E-state index < -0.39 is 5.09 Å². The zero-order chi connectivity index (χ0) is 32.9. The van der Waals surface area contributed by atoms with Crippen molar-refractivity contribution in [2.45, 2.75) is 65.2 Å². The molecule has 1 radical (unpaired) electrons. The van der Waals surface area contributed by atoms with Crippen LogP contribution in [-0.4, -0.2) is 77.9 Å². The maximum absolute atomic E-state index is 8.36. The van der Waals surface area contributed by atoms with Crippen molar-refractivity contribution in [3.63, 3.8) is 0 Å². The van der Waals surface area contributed by atoms with E-state index in [2.05, 4.69) is 40.8 Å². The molecule has 4 saturated heterocycles. The third-order valence-corrected chi connectivity index (χ3v) is 9.83. The third kappa shape index (κ3) is 12.7. The first-order valence-corrected chi connectivity index (χ1v) is 16.8. The van der Waals surface area contributed by atoms with Crippen LogP contribution >= 0.6 is 24.4 Å². The van der Waals surface area contributed by atoms with Gasteiger partial charge in [-0.25, -0.2) is 0 Å². The summed E-state index contributed by atoms with van der Waals surface area (Å²) in [5.41, 5.74) is 9.58. The van der Waals surface area contributed by atoms with Gasteiger partial charge in [0.25, 0.3) is 5.09 Å². The molecule has 6 aliphatic rings. The van der Waals surface area contributed by atoms with Gasteiger partial charge in [0.2, 0.25) is 0 Å². The molecule has 4 bridgehead atoms. The fraction of sp³-hybridized carbons (Fsp3) is 0.562. The monoisotopic (exact) mass is 726 g/mol. The van der Waals surface area contributed by atoms with Crippen molar-refractivity contribution in [3.05, 3.63) is 70.3 Å². The summed E-state index contributed by atoms with van der Waals surface area (Å²) in [6, 6.07) is 11.6. The number of hydrazone groups is 2. The van der Waals surface area contributed by atoms with Crippen molar-refractivity contribution in [3.8, 4) is 0 Å². The molecule has 0 unspecified atom stereocenters. The van der Waals surface area contributed by atoms with Crippen molar-refractivity contribution in [1.82, 2.24) is 30.6 Å². The van der Waals surface area contributed by atoms with Crippen LogP contribution in [0.15, 0.2) is 59.0 Å². The molecule has 0 atom stereocenters. The summed E-state index contributed by atoms with van der Waals surface area (Å²) in [6.07, 6.45) is 14.4. The third-order valence-electron chi connectivity index (χ3n) is 9.13. The number of hydrogen-bond donors (Lipinski definition) is 3. The average molecular weight is 727 g/mol. The fourth-order valence-electron chi connectivity index (χ4n) is 6.59. The van der Waals surface area contributed by atoms with E-state index >= 15 is 0 Å². The zero-order valence-electron chi connectivity index (χ0n) is 27.0. The normalized spacial score (nSPS) is 23.4. The first-order chi connectivity index (χ1) is 22.2. The van der Waals surface area contributed by atoms with E-state index in [9.17, 15) is 0 Å². The number of rotatable bonds is 4. The van der Waals surface area contributed by atoms with Crippen LogP contribution in [0, 0.1) is 33.8 Å². The maximum Gasteiger partial charge on any atom is 0.291 e. The van der Waals surface area contributed by atoms with Crippen LogP contribution in [0.3, 0.4) is 0 Å². The second-order valence-electron chi connectivity index (χ2n) is 12.5. The Morgan fingerprint density at radius 1 is 0.745 bits per heavy atom. The van der Waals surface area contributed by atoms with Gasteiger partial charge in [-0.3, -0.25) is 20.8 Å². The fourth-order valence-corrected chi connectivity index (χ4v) is 6.98. The molecule has 2 aliphatic carbocycles. The van der Waals surface area contributed by atoms with E-state index in [-0.39, 0.29) is 16.8 Å². The summed E-state index contributed by atoms with van der Waals surface area (Å²) < 4.78 is 0. The molecule has 6 fully saturated rings. The molecule has 0 aromatic carbocycles. The van der Waals surface area contributed by atoms with Crippen LogP contribution in [0.5, 0.6) is 0 Å². The topological polar surface area (TPSA) is 144 Å². The molecule has 8 rings (SSSR count). The van der Waals surface area contributed by atoms with Gasteiger partial charge in [-0.15, -0.1) is 10.1 Å². The summed E-state index contributed by atoms with van der Waals surface area (Å²) in [4.78, 5) is 21.6. The maximum atomic E-state index is 8.36. The predicted octanol–water partition coefficient (Wildman–Crippen LogP) is 5.25. The van der Waals surface area contributed by atoms with E-state index in [0.29, 0.717) is 0 Å². The summed E-state index contributed by atoms with van der Waals surface area (Å²) in [5.74, 6) is 3.24. The van der Waals surface area contributed by atoms with Crippen molar-refractivity contribution < 1.29 is 27.1 Å². The van der Waals surface area contributed by atoms with Crippen molar-refractivity contribution in [2.75, 3.05) is 26.2 Å². The molecule has 0 spiro atoms. The first kappa shape index (κ1) is 38.2. The van der Waals surface area contributed by atoms with Gasteiger partial charge in [-0.1, -0.05) is 12.1 Å². The molecule has 2 aromatic rings. The Bertz CT molecular complexity index is 1220. The van der Waals surface area contributed by atoms with Gasteiger partial charge in [-0.05, 0) is 138 Å². The Labute approximate surface area is 298 Å². The zero-order valence-corrected chi connectivity index (χ0v) is 29.6. The minimum absolute atomic E-state index is 0. The van der Waals surface area contributed by atoms with Crippen LogP contribution in [0.2, 0.25) is 0 Å². The van der Waals surface area contributed by atoms with E-state index in [1.54, 1.807) is 12.4 Å². The summed E-state index contributed by atoms with van der Waals surface area (Å²) >= 11 is 11.0. The second kappa shape index (κ2) is 19.5. The summed E-state index contributed by atoms with van der Waals surface area (Å²) in [7, 11) is 0. The van der Waals surface area contributed by atoms with Gasteiger partial charge >= 0.3 is 0 Å². The smallest absolute Gasteiger partial charge is 0.291 e. The molecule has 3 N–H and O–H groups in total. The van der Waals surface area contributed by atoms with Crippen LogP contribution in [0.1, 0.15) is 76.6 Å². The van der Waals surface area contributed by atoms with Crippen molar-refractivity contribution >= 4 is 46.1 Å². The number of fused-ring (bicyclic) bond motifs is 8. The van der Waals surface area contributed by atoms with Gasteiger partial charge in [0.05, 0.1) is 22.8 Å². The van der Waals surface area contributed by atoms with E-state index in [1.807, 2.05) is 50.2 Å². The standard InChI is InChI=1S/2C16H22N4S.Co.HNO3/c2*1-12(15-4-2-3-9-17-15)18-19-16(21)20-10-13-5-6-14(11-20)8-7-13;;2-1(3)4/h2*2-4,9,13-14H,5-8,10-11H2,1H3,(H,19,21);;(H,2,3,4). The van der Waals surface area contributed by atoms with Crippen LogP contribution in [0.25, 0.3) is 0 Å². The van der Waals surface area contributed by atoms with Crippen LogP contribution in [-0.2, 0) is 16.8 Å². The molecule has 0 amide bonds. The second-order valence-corrected chi connectivity index (χ2v) is 13.3. The molecular weight excluding hydrogens is 681 g/mol. The molecule has 257 valence electrons. The molecule has 12 nitrogen and oxygen atoms in total. The SMILES string of the molecule is CC(=NNC(=S)N1CC2CCC(CC2)C1)c1ccccn1.CC(=NNC(=S)N1CC2CCC(CC2)C1)c1ccccn1.O=[N+]([O-])O.[Co]. The Hall–Kier alpha value is -3.27. The summed E-state index contributed by atoms with van der Waals surface area (Å²) in [5, 5.41) is 23.9. The first-order valence-electron chi connectivity index (χ1n) is 16.0. The Morgan fingerprint density at radius 3 is 1.30 bits per heavy atom. The van der Waals surface area contributed by atoms with Crippen molar-refractivity contribution in [1.29, 1.82) is 0 Å². The summed E-state index contributed by atoms with van der Waals surface area (Å²) in [6.45, 7) is 8.23. The van der Waals surface area contributed by atoms with Gasteiger partial charge in [-0.2, -0.15) is 10.2 Å². The van der Waals surface area contributed by atoms with Gasteiger partial charge in [0, 0.05) is 55.4 Å². The molecule has 4 aliphatic heterocycles. The Kier molecular flexibility index (Phi) is 15.9. The largest absolute Gasteiger partial charge is 0.347 e. The predicted molar refractivity (Wildman–Crippen MR) is 187 cm³/mol. The quantitative estimate of drug-likeness (QED) is 0.164. The molecule has 15 heteroatoms. The minimum Gasteiger partial charge on any atom is -0.347 e. The number of nitrogens with one attached hydrogen (secondary N) is 2. The van der Waals surface area contributed by atoms with Crippen LogP contribution < -0.4 is 10.9 Å². The minimum atomic E-state index is -1.50. The number of pyridine rings is 2. The molecule has 2 aromatic heterocycles. The number of nitrogens with zero attached hydrogens (tertiary/aromatic N) is 7. The van der Waals surface area contributed by atoms with E-state index in [0.717, 1.165) is 82.9 Å². The molecule has 6 heterocycles. The van der Waals surface area contributed by atoms with E-state index in [4.69, 9.17) is 39.8 Å². The molecule has 47 heavy (non-hydrogen) atoms. The van der Waals surface area contributed by atoms with Crippen LogP contribution in [0.4, 0.5) is 0 Å². The number of thiocarbonyl (C=S) groups is 2. The number of aromatic nitrogens is 2. The molecule has 2 saturated carbocycles. The Morgan fingerprint density at radius 2 is 1.04 bits per heavy atom. The van der Waals surface area contributed by atoms with Gasteiger partial charge in [0.15, 0.2) is 10.2 Å². The number of hydrogen-bond acceptors (Lipinski definition) is 8. The molecular formula is C32H45CoN9O3S2. The average Bonchev–Trinajstić information content (AvgIpc) is 3.59.